The Kier molecular flexibility index (Phi) is 2.74. The Morgan fingerprint density at radius 2 is 2.25 bits per heavy atom. The fourth-order valence-corrected chi connectivity index (χ4v) is 3.45. The monoisotopic (exact) mass is 294 g/mol. The van der Waals surface area contributed by atoms with E-state index >= 15 is 0 Å². The SMILES string of the molecule is BrC(c1ccc2c(c1)CCO2)c1cccs1. The molecule has 1 aliphatic rings. The molecule has 1 aromatic heterocycles. The number of hydrogen-bond donors (Lipinski definition) is 0. The maximum Gasteiger partial charge on any atom is 0.122 e. The first-order valence-corrected chi connectivity index (χ1v) is 7.07. The Balaban J connectivity index is 1.95. The smallest absolute Gasteiger partial charge is 0.122 e. The average molecular weight is 295 g/mol. The summed E-state index contributed by atoms with van der Waals surface area (Å²) in [5, 5.41) is 2.11. The second-order valence-corrected chi connectivity index (χ2v) is 5.74. The van der Waals surface area contributed by atoms with Gasteiger partial charge < -0.3 is 4.74 Å². The highest BCUT2D eigenvalue weighted by atomic mass is 79.9. The molecule has 0 amide bonds. The van der Waals surface area contributed by atoms with Crippen LogP contribution in [0.15, 0.2) is 35.7 Å². The molecule has 0 fully saturated rings. The van der Waals surface area contributed by atoms with E-state index in [1.165, 1.54) is 16.0 Å². The van der Waals surface area contributed by atoms with Gasteiger partial charge in [-0.2, -0.15) is 0 Å². The molecule has 3 heteroatoms. The van der Waals surface area contributed by atoms with E-state index < -0.39 is 0 Å². The van der Waals surface area contributed by atoms with Gasteiger partial charge in [0.15, 0.2) is 0 Å². The lowest BCUT2D eigenvalue weighted by atomic mass is 10.1. The lowest BCUT2D eigenvalue weighted by Crippen LogP contribution is -1.90. The van der Waals surface area contributed by atoms with Crippen LogP contribution in [0.2, 0.25) is 0 Å². The summed E-state index contributed by atoms with van der Waals surface area (Å²) in [6.07, 6.45) is 1.04. The van der Waals surface area contributed by atoms with E-state index in [1.54, 1.807) is 11.3 Å². The summed E-state index contributed by atoms with van der Waals surface area (Å²) in [7, 11) is 0. The first kappa shape index (κ1) is 10.4. The number of benzene rings is 1. The molecule has 82 valence electrons. The molecule has 0 spiro atoms. The van der Waals surface area contributed by atoms with Gasteiger partial charge in [0.1, 0.15) is 5.75 Å². The molecule has 2 heterocycles. The van der Waals surface area contributed by atoms with Crippen LogP contribution >= 0.6 is 27.3 Å². The highest BCUT2D eigenvalue weighted by Crippen LogP contribution is 2.36. The quantitative estimate of drug-likeness (QED) is 0.756. The molecular formula is C13H11BrOS. The second kappa shape index (κ2) is 4.22. The van der Waals surface area contributed by atoms with Crippen molar-refractivity contribution < 1.29 is 4.74 Å². The van der Waals surface area contributed by atoms with E-state index in [9.17, 15) is 0 Å². The van der Waals surface area contributed by atoms with Crippen molar-refractivity contribution in [3.05, 3.63) is 51.7 Å². The fraction of sp³-hybridized carbons (Fsp3) is 0.231. The zero-order chi connectivity index (χ0) is 11.0. The first-order chi connectivity index (χ1) is 7.84. The number of alkyl halides is 1. The topological polar surface area (TPSA) is 9.23 Å². The van der Waals surface area contributed by atoms with Crippen LogP contribution in [0.3, 0.4) is 0 Å². The molecule has 0 bridgehead atoms. The van der Waals surface area contributed by atoms with Crippen LogP contribution in [-0.4, -0.2) is 6.61 Å². The van der Waals surface area contributed by atoms with Crippen molar-refractivity contribution in [1.82, 2.24) is 0 Å². The van der Waals surface area contributed by atoms with Gasteiger partial charge in [-0.05, 0) is 28.6 Å². The zero-order valence-electron chi connectivity index (χ0n) is 8.65. The molecule has 2 aromatic rings. The number of ether oxygens (including phenoxy) is 1. The predicted molar refractivity (Wildman–Crippen MR) is 70.7 cm³/mol. The Bertz CT molecular complexity index is 493. The standard InChI is InChI=1S/C13H11BrOS/c14-13(12-2-1-7-16-12)10-3-4-11-9(8-10)5-6-15-11/h1-4,7-8,13H,5-6H2. The third-order valence-electron chi connectivity index (χ3n) is 2.80. The number of rotatable bonds is 2. The predicted octanol–water partition coefficient (Wildman–Crippen LogP) is 4.17. The zero-order valence-corrected chi connectivity index (χ0v) is 11.1. The molecule has 1 atom stereocenters. The third-order valence-corrected chi connectivity index (χ3v) is 5.06. The largest absolute Gasteiger partial charge is 0.493 e. The van der Waals surface area contributed by atoms with Gasteiger partial charge in [0.2, 0.25) is 0 Å². The Morgan fingerprint density at radius 3 is 3.06 bits per heavy atom. The van der Waals surface area contributed by atoms with Crippen molar-refractivity contribution in [1.29, 1.82) is 0 Å². The molecule has 0 radical (unpaired) electrons. The normalized spacial score (nSPS) is 15.6. The molecule has 16 heavy (non-hydrogen) atoms. The van der Waals surface area contributed by atoms with Crippen molar-refractivity contribution in [3.63, 3.8) is 0 Å². The molecule has 0 saturated heterocycles. The van der Waals surface area contributed by atoms with Crippen LogP contribution in [0.5, 0.6) is 5.75 Å². The minimum absolute atomic E-state index is 0.304. The summed E-state index contributed by atoms with van der Waals surface area (Å²) in [4.78, 5) is 1.65. The van der Waals surface area contributed by atoms with E-state index in [1.807, 2.05) is 0 Å². The van der Waals surface area contributed by atoms with Gasteiger partial charge >= 0.3 is 0 Å². The lowest BCUT2D eigenvalue weighted by molar-refractivity contribution is 0.357. The third kappa shape index (κ3) is 1.78. The molecule has 0 aliphatic carbocycles. The minimum Gasteiger partial charge on any atom is -0.493 e. The van der Waals surface area contributed by atoms with E-state index in [0.29, 0.717) is 4.83 Å². The molecule has 0 N–H and O–H groups in total. The summed E-state index contributed by atoms with van der Waals surface area (Å²) in [5.74, 6) is 1.05. The van der Waals surface area contributed by atoms with Crippen LogP contribution in [-0.2, 0) is 6.42 Å². The molecule has 1 nitrogen and oxygen atoms in total. The minimum atomic E-state index is 0.304. The van der Waals surface area contributed by atoms with E-state index in [0.717, 1.165) is 18.8 Å². The van der Waals surface area contributed by atoms with Crippen LogP contribution < -0.4 is 4.74 Å². The van der Waals surface area contributed by atoms with Gasteiger partial charge in [-0.1, -0.05) is 34.1 Å². The lowest BCUT2D eigenvalue weighted by Gasteiger charge is -2.09. The summed E-state index contributed by atoms with van der Waals surface area (Å²) in [5.41, 5.74) is 2.64. The molecule has 1 aliphatic heterocycles. The summed E-state index contributed by atoms with van der Waals surface area (Å²) in [6, 6.07) is 10.7. The van der Waals surface area contributed by atoms with Gasteiger partial charge in [0.25, 0.3) is 0 Å². The Morgan fingerprint density at radius 1 is 1.31 bits per heavy atom. The highest BCUT2D eigenvalue weighted by Gasteiger charge is 2.16. The summed E-state index contributed by atoms with van der Waals surface area (Å²) >= 11 is 5.53. The van der Waals surface area contributed by atoms with Crippen molar-refractivity contribution in [2.75, 3.05) is 6.61 Å². The fourth-order valence-electron chi connectivity index (χ4n) is 1.96. The van der Waals surface area contributed by atoms with Crippen molar-refractivity contribution in [2.45, 2.75) is 11.2 Å². The first-order valence-electron chi connectivity index (χ1n) is 5.28. The van der Waals surface area contributed by atoms with Crippen molar-refractivity contribution in [2.24, 2.45) is 0 Å². The van der Waals surface area contributed by atoms with Gasteiger partial charge in [0.05, 0.1) is 11.4 Å². The number of halogens is 1. The van der Waals surface area contributed by atoms with Crippen molar-refractivity contribution >= 4 is 27.3 Å². The van der Waals surface area contributed by atoms with Gasteiger partial charge in [0, 0.05) is 11.3 Å². The van der Waals surface area contributed by atoms with Crippen LogP contribution in [0, 0.1) is 0 Å². The van der Waals surface area contributed by atoms with Gasteiger partial charge in [-0.25, -0.2) is 0 Å². The Labute approximate surface area is 107 Å². The molecular weight excluding hydrogens is 284 g/mol. The molecule has 3 rings (SSSR count). The summed E-state index contributed by atoms with van der Waals surface area (Å²) < 4.78 is 5.51. The number of fused-ring (bicyclic) bond motifs is 1. The molecule has 1 unspecified atom stereocenters. The molecule has 0 saturated carbocycles. The maximum atomic E-state index is 5.51. The van der Waals surface area contributed by atoms with Crippen molar-refractivity contribution in [3.8, 4) is 5.75 Å². The average Bonchev–Trinajstić information content (AvgIpc) is 2.98. The highest BCUT2D eigenvalue weighted by molar-refractivity contribution is 9.09. The Hall–Kier alpha value is -0.800. The van der Waals surface area contributed by atoms with Crippen LogP contribution in [0.4, 0.5) is 0 Å². The van der Waals surface area contributed by atoms with Crippen LogP contribution in [0.25, 0.3) is 0 Å². The van der Waals surface area contributed by atoms with E-state index in [2.05, 4.69) is 51.6 Å². The summed E-state index contributed by atoms with van der Waals surface area (Å²) in [6.45, 7) is 0.824. The maximum absolute atomic E-state index is 5.51. The van der Waals surface area contributed by atoms with Crippen LogP contribution in [0.1, 0.15) is 20.8 Å². The van der Waals surface area contributed by atoms with E-state index in [-0.39, 0.29) is 0 Å². The number of hydrogen-bond acceptors (Lipinski definition) is 2. The van der Waals surface area contributed by atoms with Gasteiger partial charge in [-0.3, -0.25) is 0 Å². The van der Waals surface area contributed by atoms with E-state index in [4.69, 9.17) is 4.74 Å². The number of thiophene rings is 1. The van der Waals surface area contributed by atoms with Gasteiger partial charge in [-0.15, -0.1) is 11.3 Å². The second-order valence-electron chi connectivity index (χ2n) is 3.84. The molecule has 1 aromatic carbocycles.